The van der Waals surface area contributed by atoms with Gasteiger partial charge >= 0.3 is 5.97 Å². The predicted molar refractivity (Wildman–Crippen MR) is 65.1 cm³/mol. The van der Waals surface area contributed by atoms with Gasteiger partial charge in [0.2, 0.25) is 0 Å². The van der Waals surface area contributed by atoms with Crippen molar-refractivity contribution < 1.29 is 9.90 Å². The summed E-state index contributed by atoms with van der Waals surface area (Å²) in [5.41, 5.74) is 1.12. The van der Waals surface area contributed by atoms with Crippen LogP contribution in [0.1, 0.15) is 24.3 Å². The van der Waals surface area contributed by atoms with E-state index in [4.69, 9.17) is 5.11 Å². The fourth-order valence-corrected chi connectivity index (χ4v) is 2.21. The normalized spacial score (nSPS) is 24.5. The lowest BCUT2D eigenvalue weighted by Crippen LogP contribution is -2.45. The summed E-state index contributed by atoms with van der Waals surface area (Å²) in [4.78, 5) is 11.1. The maximum atomic E-state index is 11.1. The maximum absolute atomic E-state index is 11.1. The van der Waals surface area contributed by atoms with Gasteiger partial charge in [0.05, 0.1) is 0 Å². The number of aliphatic carboxylic acids is 1. The Morgan fingerprint density at radius 1 is 1.31 bits per heavy atom. The molecule has 1 aliphatic rings. The average Bonchev–Trinajstić information content (AvgIpc) is 2.30. The van der Waals surface area contributed by atoms with E-state index < -0.39 is 12.0 Å². The molecule has 88 valence electrons. The number of carboxylic acid groups (broad SMARTS) is 1. The first-order valence-electron chi connectivity index (χ1n) is 5.30. The van der Waals surface area contributed by atoms with Gasteiger partial charge < -0.3 is 10.4 Å². The molecule has 0 unspecified atom stereocenters. The highest BCUT2D eigenvalue weighted by molar-refractivity contribution is 5.85. The van der Waals surface area contributed by atoms with E-state index in [1.807, 2.05) is 30.3 Å². The van der Waals surface area contributed by atoms with Crippen molar-refractivity contribution in [2.75, 3.05) is 6.54 Å². The summed E-state index contributed by atoms with van der Waals surface area (Å²) in [6.45, 7) is 0.806. The second-order valence-electron chi connectivity index (χ2n) is 3.93. The Balaban J connectivity index is 0.00000128. The molecule has 16 heavy (non-hydrogen) atoms. The number of nitrogens with one attached hydrogen (secondary N) is 1. The molecule has 1 heterocycles. The van der Waals surface area contributed by atoms with Crippen LogP contribution in [0, 0.1) is 0 Å². The molecule has 1 saturated heterocycles. The summed E-state index contributed by atoms with van der Waals surface area (Å²) in [6.07, 6.45) is 2.00. The van der Waals surface area contributed by atoms with Crippen molar-refractivity contribution >= 4 is 18.4 Å². The lowest BCUT2D eigenvalue weighted by Gasteiger charge is -2.29. The molecule has 2 rings (SSSR count). The molecule has 1 aromatic rings. The van der Waals surface area contributed by atoms with E-state index in [0.717, 1.165) is 24.9 Å². The first-order valence-corrected chi connectivity index (χ1v) is 5.30. The predicted octanol–water partition coefficient (Wildman–Crippen LogP) is 2.03. The molecule has 1 aliphatic heterocycles. The van der Waals surface area contributed by atoms with E-state index in [1.165, 1.54) is 0 Å². The van der Waals surface area contributed by atoms with Crippen LogP contribution in [0.25, 0.3) is 0 Å². The number of halogens is 1. The smallest absolute Gasteiger partial charge is 0.321 e. The van der Waals surface area contributed by atoms with Crippen molar-refractivity contribution in [2.45, 2.75) is 24.8 Å². The Hall–Kier alpha value is -1.06. The van der Waals surface area contributed by atoms with Crippen LogP contribution in [0.15, 0.2) is 30.3 Å². The summed E-state index contributed by atoms with van der Waals surface area (Å²) in [6, 6.07) is 9.46. The van der Waals surface area contributed by atoms with E-state index in [2.05, 4.69) is 5.32 Å². The van der Waals surface area contributed by atoms with Gasteiger partial charge in [-0.05, 0) is 24.9 Å². The Morgan fingerprint density at radius 3 is 2.62 bits per heavy atom. The summed E-state index contributed by atoms with van der Waals surface area (Å²) in [7, 11) is 0. The van der Waals surface area contributed by atoms with Gasteiger partial charge in [-0.3, -0.25) is 4.79 Å². The molecule has 0 radical (unpaired) electrons. The van der Waals surface area contributed by atoms with Crippen LogP contribution < -0.4 is 5.32 Å². The molecule has 4 heteroatoms. The molecule has 2 atom stereocenters. The van der Waals surface area contributed by atoms with Crippen molar-refractivity contribution in [3.63, 3.8) is 0 Å². The van der Waals surface area contributed by atoms with E-state index in [1.54, 1.807) is 0 Å². The zero-order valence-electron chi connectivity index (χ0n) is 8.93. The van der Waals surface area contributed by atoms with Crippen molar-refractivity contribution in [2.24, 2.45) is 0 Å². The number of carbonyl (C=O) groups is 1. The molecular weight excluding hydrogens is 226 g/mol. The lowest BCUT2D eigenvalue weighted by atomic mass is 9.85. The van der Waals surface area contributed by atoms with Gasteiger partial charge in [-0.15, -0.1) is 12.4 Å². The molecular formula is C12H16ClNO2. The van der Waals surface area contributed by atoms with Gasteiger partial charge in [0.25, 0.3) is 0 Å². The van der Waals surface area contributed by atoms with Gasteiger partial charge in [-0.2, -0.15) is 0 Å². The van der Waals surface area contributed by atoms with Crippen LogP contribution in [-0.4, -0.2) is 23.7 Å². The zero-order chi connectivity index (χ0) is 10.7. The van der Waals surface area contributed by atoms with Crippen molar-refractivity contribution in [3.05, 3.63) is 35.9 Å². The third-order valence-corrected chi connectivity index (χ3v) is 2.95. The average molecular weight is 242 g/mol. The minimum atomic E-state index is -0.747. The van der Waals surface area contributed by atoms with Gasteiger partial charge in [0, 0.05) is 5.92 Å². The Bertz CT molecular complexity index is 342. The Morgan fingerprint density at radius 2 is 2.00 bits per heavy atom. The highest BCUT2D eigenvalue weighted by Crippen LogP contribution is 2.27. The van der Waals surface area contributed by atoms with E-state index >= 15 is 0 Å². The number of hydrogen-bond donors (Lipinski definition) is 2. The number of rotatable bonds is 2. The number of benzene rings is 1. The van der Waals surface area contributed by atoms with Gasteiger partial charge in [-0.25, -0.2) is 0 Å². The van der Waals surface area contributed by atoms with E-state index in [0.29, 0.717) is 0 Å². The largest absolute Gasteiger partial charge is 0.480 e. The molecule has 0 bridgehead atoms. The third-order valence-electron chi connectivity index (χ3n) is 2.95. The van der Waals surface area contributed by atoms with Crippen LogP contribution >= 0.6 is 12.4 Å². The van der Waals surface area contributed by atoms with Crippen LogP contribution in [0.3, 0.4) is 0 Å². The maximum Gasteiger partial charge on any atom is 0.321 e. The number of piperidine rings is 1. The van der Waals surface area contributed by atoms with E-state index in [-0.39, 0.29) is 18.3 Å². The summed E-state index contributed by atoms with van der Waals surface area (Å²) < 4.78 is 0. The second kappa shape index (κ2) is 5.87. The standard InChI is InChI=1S/C12H15NO2.ClH/c14-12(15)11-10(7-4-8-13-11)9-5-2-1-3-6-9;/h1-3,5-6,10-11,13H,4,7-8H2,(H,14,15);1H/t10-,11+;/m0./s1. The SMILES string of the molecule is Cl.O=C(O)[C@@H]1NCCC[C@H]1c1ccccc1. The zero-order valence-corrected chi connectivity index (χ0v) is 9.74. The van der Waals surface area contributed by atoms with Crippen molar-refractivity contribution in [3.8, 4) is 0 Å². The molecule has 0 saturated carbocycles. The van der Waals surface area contributed by atoms with Crippen LogP contribution in [0.5, 0.6) is 0 Å². The molecule has 1 aromatic carbocycles. The second-order valence-corrected chi connectivity index (χ2v) is 3.93. The van der Waals surface area contributed by atoms with Crippen LogP contribution in [-0.2, 0) is 4.79 Å². The van der Waals surface area contributed by atoms with Crippen LogP contribution in [0.2, 0.25) is 0 Å². The fourth-order valence-electron chi connectivity index (χ4n) is 2.21. The topological polar surface area (TPSA) is 49.3 Å². The molecule has 1 fully saturated rings. The Labute approximate surface area is 101 Å². The van der Waals surface area contributed by atoms with Crippen molar-refractivity contribution in [1.29, 1.82) is 0 Å². The van der Waals surface area contributed by atoms with Gasteiger partial charge in [0.1, 0.15) is 6.04 Å². The quantitative estimate of drug-likeness (QED) is 0.833. The molecule has 0 aromatic heterocycles. The first kappa shape index (κ1) is 13.0. The molecule has 0 aliphatic carbocycles. The number of hydrogen-bond acceptors (Lipinski definition) is 2. The van der Waals surface area contributed by atoms with E-state index in [9.17, 15) is 4.79 Å². The highest BCUT2D eigenvalue weighted by Gasteiger charge is 2.31. The molecule has 3 nitrogen and oxygen atoms in total. The number of carboxylic acids is 1. The van der Waals surface area contributed by atoms with Gasteiger partial charge in [0.15, 0.2) is 0 Å². The lowest BCUT2D eigenvalue weighted by molar-refractivity contribution is -0.140. The molecule has 0 spiro atoms. The fraction of sp³-hybridized carbons (Fsp3) is 0.417. The summed E-state index contributed by atoms with van der Waals surface area (Å²) in [5, 5.41) is 12.2. The van der Waals surface area contributed by atoms with Gasteiger partial charge in [-0.1, -0.05) is 30.3 Å². The van der Waals surface area contributed by atoms with Crippen LogP contribution in [0.4, 0.5) is 0 Å². The molecule has 0 amide bonds. The minimum absolute atomic E-state index is 0. The minimum Gasteiger partial charge on any atom is -0.480 e. The Kier molecular flexibility index (Phi) is 4.77. The van der Waals surface area contributed by atoms with Crippen molar-refractivity contribution in [1.82, 2.24) is 5.32 Å². The monoisotopic (exact) mass is 241 g/mol. The summed E-state index contributed by atoms with van der Waals surface area (Å²) >= 11 is 0. The summed E-state index contributed by atoms with van der Waals surface area (Å²) in [5.74, 6) is -0.638. The molecule has 2 N–H and O–H groups in total. The highest BCUT2D eigenvalue weighted by atomic mass is 35.5. The third kappa shape index (κ3) is 2.74. The first-order chi connectivity index (χ1) is 7.29.